The first-order valence-electron chi connectivity index (χ1n) is 6.32. The van der Waals surface area contributed by atoms with Gasteiger partial charge < -0.3 is 15.7 Å². The third-order valence-electron chi connectivity index (χ3n) is 3.53. The summed E-state index contributed by atoms with van der Waals surface area (Å²) in [4.78, 5) is 14.7. The molecule has 1 heterocycles. The quantitative estimate of drug-likeness (QED) is 0.554. The minimum atomic E-state index is -0.450. The van der Waals surface area contributed by atoms with Crippen molar-refractivity contribution < 1.29 is 10.0 Å². The average Bonchev–Trinajstić information content (AvgIpc) is 2.87. The Kier molecular flexibility index (Phi) is 3.84. The summed E-state index contributed by atoms with van der Waals surface area (Å²) >= 11 is 0. The van der Waals surface area contributed by atoms with Gasteiger partial charge in [0.15, 0.2) is 0 Å². The van der Waals surface area contributed by atoms with Crippen LogP contribution in [-0.2, 0) is 0 Å². The molecule has 0 saturated heterocycles. The molecule has 1 fully saturated rings. The van der Waals surface area contributed by atoms with Crippen molar-refractivity contribution in [3.8, 4) is 0 Å². The molecule has 1 aliphatic carbocycles. The van der Waals surface area contributed by atoms with E-state index in [0.717, 1.165) is 25.7 Å². The summed E-state index contributed by atoms with van der Waals surface area (Å²) < 4.78 is 0. The Morgan fingerprint density at radius 1 is 1.42 bits per heavy atom. The molecule has 1 saturated carbocycles. The lowest BCUT2D eigenvalue weighted by Crippen LogP contribution is -2.39. The molecule has 0 amide bonds. The maximum Gasteiger partial charge on any atom is 0.276 e. The highest BCUT2D eigenvalue weighted by molar-refractivity contribution is 5.55. The van der Waals surface area contributed by atoms with Crippen LogP contribution in [0.15, 0.2) is 12.1 Å². The van der Waals surface area contributed by atoms with Gasteiger partial charge in [-0.15, -0.1) is 0 Å². The Balaban J connectivity index is 2.28. The normalized spacial score (nSPS) is 17.2. The van der Waals surface area contributed by atoms with Crippen molar-refractivity contribution >= 4 is 17.3 Å². The number of hydrogen-bond acceptors (Lipinski definition) is 6. The molecule has 0 unspecified atom stereocenters. The summed E-state index contributed by atoms with van der Waals surface area (Å²) in [5.41, 5.74) is -0.416. The van der Waals surface area contributed by atoms with Crippen molar-refractivity contribution in [2.75, 3.05) is 24.3 Å². The van der Waals surface area contributed by atoms with Gasteiger partial charge in [0.25, 0.3) is 5.69 Å². The molecule has 19 heavy (non-hydrogen) atoms. The fourth-order valence-electron chi connectivity index (χ4n) is 2.46. The SMILES string of the molecule is CNc1cc([N+](=O)[O-])cc(NC2(CO)CCCC2)n1. The molecule has 7 heteroatoms. The lowest BCUT2D eigenvalue weighted by molar-refractivity contribution is -0.384. The van der Waals surface area contributed by atoms with E-state index in [2.05, 4.69) is 15.6 Å². The minimum absolute atomic E-state index is 0.00621. The summed E-state index contributed by atoms with van der Waals surface area (Å²) in [6, 6.07) is 2.78. The van der Waals surface area contributed by atoms with Crippen LogP contribution in [0.1, 0.15) is 25.7 Å². The summed E-state index contributed by atoms with van der Waals surface area (Å²) in [6.45, 7) is 0.00621. The number of nitrogens with zero attached hydrogens (tertiary/aromatic N) is 2. The molecule has 0 aliphatic heterocycles. The number of rotatable bonds is 5. The summed E-state index contributed by atoms with van der Waals surface area (Å²) in [5.74, 6) is 0.859. The van der Waals surface area contributed by atoms with Gasteiger partial charge in [-0.3, -0.25) is 10.1 Å². The van der Waals surface area contributed by atoms with Crippen LogP contribution in [0.3, 0.4) is 0 Å². The zero-order valence-electron chi connectivity index (χ0n) is 10.8. The predicted octanol–water partition coefficient (Wildman–Crippen LogP) is 1.75. The van der Waals surface area contributed by atoms with Gasteiger partial charge in [0.05, 0.1) is 29.2 Å². The molecule has 1 aromatic heterocycles. The van der Waals surface area contributed by atoms with Gasteiger partial charge in [0, 0.05) is 7.05 Å². The van der Waals surface area contributed by atoms with E-state index in [1.165, 1.54) is 12.1 Å². The minimum Gasteiger partial charge on any atom is -0.394 e. The zero-order valence-corrected chi connectivity index (χ0v) is 10.8. The van der Waals surface area contributed by atoms with Crippen LogP contribution in [0.5, 0.6) is 0 Å². The molecule has 0 bridgehead atoms. The molecule has 0 spiro atoms. The van der Waals surface area contributed by atoms with Crippen LogP contribution in [0.4, 0.5) is 17.3 Å². The van der Waals surface area contributed by atoms with Gasteiger partial charge in [-0.2, -0.15) is 0 Å². The third kappa shape index (κ3) is 2.93. The highest BCUT2D eigenvalue weighted by Crippen LogP contribution is 2.33. The van der Waals surface area contributed by atoms with Gasteiger partial charge in [0.2, 0.25) is 0 Å². The lowest BCUT2D eigenvalue weighted by atomic mass is 9.99. The van der Waals surface area contributed by atoms with Crippen molar-refractivity contribution in [1.29, 1.82) is 0 Å². The first-order chi connectivity index (χ1) is 9.08. The number of nitrogens with one attached hydrogen (secondary N) is 2. The van der Waals surface area contributed by atoms with E-state index >= 15 is 0 Å². The van der Waals surface area contributed by atoms with Gasteiger partial charge in [-0.1, -0.05) is 12.8 Å². The lowest BCUT2D eigenvalue weighted by Gasteiger charge is -2.28. The number of aliphatic hydroxyl groups is 1. The number of anilines is 2. The van der Waals surface area contributed by atoms with E-state index in [-0.39, 0.29) is 12.3 Å². The highest BCUT2D eigenvalue weighted by Gasteiger charge is 2.33. The Hall–Kier alpha value is -1.89. The second kappa shape index (κ2) is 5.40. The number of aliphatic hydroxyl groups excluding tert-OH is 1. The maximum atomic E-state index is 10.9. The van der Waals surface area contributed by atoms with E-state index in [1.54, 1.807) is 7.05 Å². The van der Waals surface area contributed by atoms with Crippen molar-refractivity contribution in [2.24, 2.45) is 0 Å². The second-order valence-corrected chi connectivity index (χ2v) is 4.87. The van der Waals surface area contributed by atoms with Crippen LogP contribution in [0.25, 0.3) is 0 Å². The predicted molar refractivity (Wildman–Crippen MR) is 72.3 cm³/mol. The highest BCUT2D eigenvalue weighted by atomic mass is 16.6. The standard InChI is InChI=1S/C12H18N4O3/c1-13-10-6-9(16(18)19)7-11(14-10)15-12(8-17)4-2-3-5-12/h6-7,17H,2-5,8H2,1H3,(H2,13,14,15). The number of hydrogen-bond donors (Lipinski definition) is 3. The van der Waals surface area contributed by atoms with E-state index in [0.29, 0.717) is 11.6 Å². The average molecular weight is 266 g/mol. The molecule has 7 nitrogen and oxygen atoms in total. The second-order valence-electron chi connectivity index (χ2n) is 4.87. The van der Waals surface area contributed by atoms with Crippen LogP contribution in [0.2, 0.25) is 0 Å². The number of pyridine rings is 1. The van der Waals surface area contributed by atoms with Crippen molar-refractivity contribution in [3.63, 3.8) is 0 Å². The Labute approximate surface area is 111 Å². The molecule has 3 N–H and O–H groups in total. The summed E-state index contributed by atoms with van der Waals surface area (Å²) in [5, 5.41) is 26.4. The van der Waals surface area contributed by atoms with Gasteiger partial charge >= 0.3 is 0 Å². The summed E-state index contributed by atoms with van der Waals surface area (Å²) in [7, 11) is 1.66. The van der Waals surface area contributed by atoms with Crippen LogP contribution < -0.4 is 10.6 Å². The molecule has 1 aromatic rings. The van der Waals surface area contributed by atoms with Crippen LogP contribution in [0, 0.1) is 10.1 Å². The number of aromatic nitrogens is 1. The van der Waals surface area contributed by atoms with Crippen molar-refractivity contribution in [2.45, 2.75) is 31.2 Å². The smallest absolute Gasteiger partial charge is 0.276 e. The molecule has 1 aliphatic rings. The fraction of sp³-hybridized carbons (Fsp3) is 0.583. The monoisotopic (exact) mass is 266 g/mol. The fourth-order valence-corrected chi connectivity index (χ4v) is 2.46. The van der Waals surface area contributed by atoms with Gasteiger partial charge in [-0.05, 0) is 12.8 Å². The zero-order chi connectivity index (χ0) is 13.9. The maximum absolute atomic E-state index is 10.9. The largest absolute Gasteiger partial charge is 0.394 e. The summed E-state index contributed by atoms with van der Waals surface area (Å²) in [6.07, 6.45) is 3.79. The van der Waals surface area contributed by atoms with E-state index in [1.807, 2.05) is 0 Å². The molecule has 0 radical (unpaired) electrons. The van der Waals surface area contributed by atoms with Crippen molar-refractivity contribution in [1.82, 2.24) is 4.98 Å². The van der Waals surface area contributed by atoms with Gasteiger partial charge in [-0.25, -0.2) is 4.98 Å². The molecule has 104 valence electrons. The van der Waals surface area contributed by atoms with Crippen molar-refractivity contribution in [3.05, 3.63) is 22.2 Å². The third-order valence-corrected chi connectivity index (χ3v) is 3.53. The Bertz CT molecular complexity index is 472. The number of nitro groups is 1. The molecule has 2 rings (SSSR count). The van der Waals surface area contributed by atoms with Gasteiger partial charge in [0.1, 0.15) is 11.6 Å². The molecular weight excluding hydrogens is 248 g/mol. The first kappa shape index (κ1) is 13.5. The van der Waals surface area contributed by atoms with E-state index in [4.69, 9.17) is 0 Å². The topological polar surface area (TPSA) is 100 Å². The molecule has 0 aromatic carbocycles. The van der Waals surface area contributed by atoms with E-state index < -0.39 is 10.5 Å². The van der Waals surface area contributed by atoms with E-state index in [9.17, 15) is 15.2 Å². The Morgan fingerprint density at radius 2 is 2.05 bits per heavy atom. The van der Waals surface area contributed by atoms with Crippen LogP contribution in [-0.4, -0.2) is 34.2 Å². The van der Waals surface area contributed by atoms with Crippen LogP contribution >= 0.6 is 0 Å². The Morgan fingerprint density at radius 3 is 2.58 bits per heavy atom. The molecule has 0 atom stereocenters. The first-order valence-corrected chi connectivity index (χ1v) is 6.32. The molecular formula is C12H18N4O3.